The molecule has 1 saturated carbocycles. The first-order valence-electron chi connectivity index (χ1n) is 15.3. The fraction of sp³-hybridized carbons (Fsp3) is 0.576. The lowest BCUT2D eigenvalue weighted by atomic mass is 9.76. The highest BCUT2D eigenvalue weighted by Crippen LogP contribution is 2.43. The van der Waals surface area contributed by atoms with Gasteiger partial charge in [0.2, 0.25) is 5.91 Å². The zero-order valence-corrected chi connectivity index (χ0v) is 23.9. The van der Waals surface area contributed by atoms with Crippen LogP contribution in [0.4, 0.5) is 4.79 Å². The van der Waals surface area contributed by atoms with Crippen LogP contribution in [0.2, 0.25) is 0 Å². The zero-order chi connectivity index (χ0) is 27.5. The van der Waals surface area contributed by atoms with Crippen molar-refractivity contribution in [1.29, 1.82) is 0 Å². The number of amides is 3. The summed E-state index contributed by atoms with van der Waals surface area (Å²) in [7, 11) is 1.67. The summed E-state index contributed by atoms with van der Waals surface area (Å²) in [4.78, 5) is 33.4. The van der Waals surface area contributed by atoms with Crippen LogP contribution in [-0.2, 0) is 11.3 Å². The average molecular weight is 545 g/mol. The molecule has 0 bridgehead atoms. The van der Waals surface area contributed by atoms with E-state index >= 15 is 0 Å². The maximum absolute atomic E-state index is 13.6. The quantitative estimate of drug-likeness (QED) is 0.540. The summed E-state index contributed by atoms with van der Waals surface area (Å²) in [5.74, 6) is 1.92. The minimum absolute atomic E-state index is 0.112. The van der Waals surface area contributed by atoms with Crippen molar-refractivity contribution in [3.63, 3.8) is 0 Å². The summed E-state index contributed by atoms with van der Waals surface area (Å²) in [6.07, 6.45) is 7.48. The lowest BCUT2D eigenvalue weighted by Gasteiger charge is -2.39. The molecule has 3 amide bonds. The van der Waals surface area contributed by atoms with Crippen LogP contribution >= 0.6 is 0 Å². The molecule has 3 saturated heterocycles. The average Bonchev–Trinajstić information content (AvgIpc) is 3.72. The highest BCUT2D eigenvalue weighted by atomic mass is 16.5. The van der Waals surface area contributed by atoms with Crippen molar-refractivity contribution in [1.82, 2.24) is 20.0 Å². The normalized spacial score (nSPS) is 25.2. The van der Waals surface area contributed by atoms with E-state index in [1.165, 1.54) is 18.4 Å². The van der Waals surface area contributed by atoms with Gasteiger partial charge >= 0.3 is 6.03 Å². The van der Waals surface area contributed by atoms with Crippen molar-refractivity contribution >= 4 is 11.9 Å². The zero-order valence-electron chi connectivity index (χ0n) is 23.9. The van der Waals surface area contributed by atoms with E-state index in [1.54, 1.807) is 7.11 Å². The van der Waals surface area contributed by atoms with Crippen LogP contribution in [0, 0.1) is 11.3 Å². The predicted octanol–water partition coefficient (Wildman–Crippen LogP) is 4.88. The molecule has 0 aromatic heterocycles. The lowest BCUT2D eigenvalue weighted by Crippen LogP contribution is -2.46. The van der Waals surface area contributed by atoms with Gasteiger partial charge in [0.15, 0.2) is 0 Å². The van der Waals surface area contributed by atoms with Gasteiger partial charge in [-0.05, 0) is 74.4 Å². The molecular formula is C33H44N4O3. The van der Waals surface area contributed by atoms with Gasteiger partial charge in [0, 0.05) is 44.7 Å². The Morgan fingerprint density at radius 1 is 0.950 bits per heavy atom. The fourth-order valence-electron chi connectivity index (χ4n) is 7.59. The first-order valence-corrected chi connectivity index (χ1v) is 15.3. The molecule has 40 heavy (non-hydrogen) atoms. The summed E-state index contributed by atoms with van der Waals surface area (Å²) in [6, 6.07) is 19.2. The second kappa shape index (κ2) is 11.8. The number of rotatable bonds is 7. The Kier molecular flexibility index (Phi) is 8.01. The number of ether oxygens (including phenoxy) is 1. The van der Waals surface area contributed by atoms with Crippen molar-refractivity contribution < 1.29 is 14.3 Å². The summed E-state index contributed by atoms with van der Waals surface area (Å²) in [5.41, 5.74) is 2.28. The summed E-state index contributed by atoms with van der Waals surface area (Å²) < 4.78 is 5.28. The van der Waals surface area contributed by atoms with Crippen LogP contribution in [-0.4, -0.2) is 79.1 Å². The van der Waals surface area contributed by atoms with Crippen LogP contribution in [0.3, 0.4) is 0 Å². The standard InChI is InChI=1S/C33H44N4O3/c1-40-29-13-11-25(12-14-29)21-36-20-17-33(31(36)38)15-18-35(19-16-33)22-27-23-37(32(39)34-28-9-5-6-10-28)24-30(27)26-7-3-2-4-8-26/h2-4,7-8,11-14,27-28,30H,5-6,9-10,15-24H2,1H3,(H,34,39)/t27-,30+/m0/s1. The van der Waals surface area contributed by atoms with E-state index in [0.29, 0.717) is 30.3 Å². The van der Waals surface area contributed by atoms with Crippen molar-refractivity contribution in [2.24, 2.45) is 11.3 Å². The Morgan fingerprint density at radius 3 is 2.35 bits per heavy atom. The van der Waals surface area contributed by atoms with Crippen LogP contribution in [0.5, 0.6) is 5.75 Å². The van der Waals surface area contributed by atoms with Crippen molar-refractivity contribution in [2.75, 3.05) is 46.4 Å². The van der Waals surface area contributed by atoms with Crippen LogP contribution < -0.4 is 10.1 Å². The molecule has 1 N–H and O–H groups in total. The molecule has 214 valence electrons. The van der Waals surface area contributed by atoms with Crippen molar-refractivity contribution in [2.45, 2.75) is 63.5 Å². The molecule has 1 aliphatic carbocycles. The van der Waals surface area contributed by atoms with Gasteiger partial charge in [0.25, 0.3) is 0 Å². The Labute approximate surface area is 238 Å². The van der Waals surface area contributed by atoms with E-state index in [-0.39, 0.29) is 11.4 Å². The van der Waals surface area contributed by atoms with Crippen molar-refractivity contribution in [3.8, 4) is 5.75 Å². The minimum atomic E-state index is -0.204. The number of nitrogens with zero attached hydrogens (tertiary/aromatic N) is 3. The molecule has 0 radical (unpaired) electrons. The molecule has 1 spiro atoms. The van der Waals surface area contributed by atoms with Crippen LogP contribution in [0.15, 0.2) is 54.6 Å². The molecule has 4 aliphatic rings. The third-order valence-corrected chi connectivity index (χ3v) is 10.1. The number of urea groups is 1. The van der Waals surface area contributed by atoms with E-state index in [4.69, 9.17) is 4.74 Å². The molecule has 7 nitrogen and oxygen atoms in total. The number of likely N-dealkylation sites (tertiary alicyclic amines) is 3. The maximum atomic E-state index is 13.6. The number of benzene rings is 2. The number of piperidine rings is 1. The van der Waals surface area contributed by atoms with Gasteiger partial charge in [-0.3, -0.25) is 4.79 Å². The first-order chi connectivity index (χ1) is 19.5. The number of methoxy groups -OCH3 is 1. The minimum Gasteiger partial charge on any atom is -0.497 e. The third-order valence-electron chi connectivity index (χ3n) is 10.1. The van der Waals surface area contributed by atoms with Gasteiger partial charge in [-0.1, -0.05) is 55.3 Å². The Morgan fingerprint density at radius 2 is 1.65 bits per heavy atom. The van der Waals surface area contributed by atoms with Gasteiger partial charge in [0.05, 0.1) is 12.5 Å². The summed E-state index contributed by atoms with van der Waals surface area (Å²) in [6.45, 7) is 5.98. The van der Waals surface area contributed by atoms with Crippen LogP contribution in [0.1, 0.15) is 62.0 Å². The topological polar surface area (TPSA) is 65.1 Å². The van der Waals surface area contributed by atoms with Crippen molar-refractivity contribution in [3.05, 3.63) is 65.7 Å². The Hall–Kier alpha value is -3.06. The van der Waals surface area contributed by atoms with E-state index < -0.39 is 0 Å². The number of hydrogen-bond acceptors (Lipinski definition) is 4. The molecule has 2 aromatic carbocycles. The van der Waals surface area contributed by atoms with Gasteiger partial charge in [-0.25, -0.2) is 4.79 Å². The summed E-state index contributed by atoms with van der Waals surface area (Å²) in [5, 5.41) is 3.31. The van der Waals surface area contributed by atoms with Gasteiger partial charge in [-0.15, -0.1) is 0 Å². The van der Waals surface area contributed by atoms with E-state index in [0.717, 1.165) is 82.7 Å². The molecule has 3 heterocycles. The molecule has 6 rings (SSSR count). The SMILES string of the molecule is COc1ccc(CN2CCC3(CCN(C[C@H]4CN(C(=O)NC5CCCC5)C[C@@H]4c4ccccc4)CC3)C2=O)cc1. The lowest BCUT2D eigenvalue weighted by molar-refractivity contribution is -0.139. The monoisotopic (exact) mass is 544 g/mol. The molecule has 0 unspecified atom stereocenters. The highest BCUT2D eigenvalue weighted by molar-refractivity contribution is 5.85. The molecule has 2 atom stereocenters. The smallest absolute Gasteiger partial charge is 0.317 e. The Balaban J connectivity index is 1.06. The largest absolute Gasteiger partial charge is 0.497 e. The molecular weight excluding hydrogens is 500 g/mol. The third kappa shape index (κ3) is 5.71. The molecule has 3 aliphatic heterocycles. The maximum Gasteiger partial charge on any atom is 0.317 e. The van der Waals surface area contributed by atoms with Gasteiger partial charge in [-0.2, -0.15) is 0 Å². The second-order valence-corrected chi connectivity index (χ2v) is 12.5. The number of nitrogens with one attached hydrogen (secondary N) is 1. The Bertz CT molecular complexity index is 1160. The number of hydrogen-bond donors (Lipinski definition) is 1. The molecule has 4 fully saturated rings. The van der Waals surface area contributed by atoms with Crippen LogP contribution in [0.25, 0.3) is 0 Å². The highest BCUT2D eigenvalue weighted by Gasteiger charge is 2.48. The van der Waals surface area contributed by atoms with E-state index in [9.17, 15) is 9.59 Å². The van der Waals surface area contributed by atoms with Gasteiger partial charge < -0.3 is 24.8 Å². The first kappa shape index (κ1) is 27.1. The number of carbonyl (C=O) groups excluding carboxylic acids is 2. The second-order valence-electron chi connectivity index (χ2n) is 12.5. The predicted molar refractivity (Wildman–Crippen MR) is 156 cm³/mol. The van der Waals surface area contributed by atoms with E-state index in [2.05, 4.69) is 62.5 Å². The van der Waals surface area contributed by atoms with E-state index in [1.807, 2.05) is 12.1 Å². The molecule has 7 heteroatoms. The van der Waals surface area contributed by atoms with Gasteiger partial charge in [0.1, 0.15) is 5.75 Å². The fourth-order valence-corrected chi connectivity index (χ4v) is 7.59. The molecule has 2 aromatic rings. The summed E-state index contributed by atoms with van der Waals surface area (Å²) >= 11 is 0. The number of carbonyl (C=O) groups is 2.